The Bertz CT molecular complexity index is 1160. The largest absolute Gasteiger partial charge is 0.465 e. The first-order valence-electron chi connectivity index (χ1n) is 11.1. The number of hydrogen-bond acceptors (Lipinski definition) is 6. The minimum Gasteiger partial charge on any atom is -0.465 e. The number of ether oxygens (including phenoxy) is 1. The van der Waals surface area contributed by atoms with Gasteiger partial charge in [0.1, 0.15) is 5.75 Å². The average molecular weight is 509 g/mol. The summed E-state index contributed by atoms with van der Waals surface area (Å²) in [5.41, 5.74) is 1.80. The molecule has 6 nitrogen and oxygen atoms in total. The molecule has 0 unspecified atom stereocenters. The van der Waals surface area contributed by atoms with E-state index in [1.54, 1.807) is 12.1 Å². The molecule has 186 valence electrons. The fraction of sp³-hybridized carbons (Fsp3) is 0.462. The second kappa shape index (κ2) is 10.6. The Labute approximate surface area is 207 Å². The molecule has 0 aliphatic carbocycles. The predicted molar refractivity (Wildman–Crippen MR) is 133 cm³/mol. The summed E-state index contributed by atoms with van der Waals surface area (Å²) in [4.78, 5) is 25.1. The smallest absolute Gasteiger partial charge is 0.337 e. The van der Waals surface area contributed by atoms with Gasteiger partial charge < -0.3 is 9.84 Å². The maximum Gasteiger partial charge on any atom is 0.337 e. The molecule has 0 saturated carbocycles. The van der Waals surface area contributed by atoms with Gasteiger partial charge >= 0.3 is 5.97 Å². The lowest BCUT2D eigenvalue weighted by Crippen LogP contribution is -2.21. The Kier molecular flexibility index (Phi) is 8.72. The molecule has 0 spiro atoms. The van der Waals surface area contributed by atoms with E-state index in [-0.39, 0.29) is 28.2 Å². The molecule has 2 aromatic rings. The van der Waals surface area contributed by atoms with Gasteiger partial charge in [0.05, 0.1) is 23.2 Å². The summed E-state index contributed by atoms with van der Waals surface area (Å²) in [7, 11) is -2.68. The summed E-state index contributed by atoms with van der Waals surface area (Å²) in [6, 6.07) is 7.55. The Morgan fingerprint density at radius 1 is 1.00 bits per heavy atom. The zero-order valence-corrected chi connectivity index (χ0v) is 22.3. The van der Waals surface area contributed by atoms with Crippen molar-refractivity contribution in [3.05, 3.63) is 63.2 Å². The van der Waals surface area contributed by atoms with E-state index in [1.807, 2.05) is 27.7 Å². The number of halogens is 1. The van der Waals surface area contributed by atoms with Crippen LogP contribution in [0.4, 0.5) is 0 Å². The maximum absolute atomic E-state index is 13.1. The van der Waals surface area contributed by atoms with Crippen LogP contribution in [0.1, 0.15) is 86.0 Å². The van der Waals surface area contributed by atoms with Gasteiger partial charge in [-0.2, -0.15) is 0 Å². The van der Waals surface area contributed by atoms with Crippen molar-refractivity contribution in [1.82, 2.24) is 0 Å². The van der Waals surface area contributed by atoms with E-state index in [4.69, 9.17) is 16.3 Å². The van der Waals surface area contributed by atoms with E-state index in [0.717, 1.165) is 16.7 Å². The lowest BCUT2D eigenvalue weighted by Gasteiger charge is -2.21. The number of aliphatic hydroxyl groups is 1. The molecule has 0 heterocycles. The average Bonchev–Trinajstić information content (AvgIpc) is 2.71. The van der Waals surface area contributed by atoms with Crippen LogP contribution in [0.3, 0.4) is 0 Å². The highest BCUT2D eigenvalue weighted by Gasteiger charge is 2.26. The van der Waals surface area contributed by atoms with Gasteiger partial charge in [0, 0.05) is 11.4 Å². The Hall–Kier alpha value is -2.22. The lowest BCUT2D eigenvalue weighted by atomic mass is 9.84. The van der Waals surface area contributed by atoms with Gasteiger partial charge in [-0.05, 0) is 78.3 Å². The lowest BCUT2D eigenvalue weighted by molar-refractivity contribution is -0.116. The normalized spacial score (nSPS) is 12.3. The molecule has 2 aromatic carbocycles. The van der Waals surface area contributed by atoms with Gasteiger partial charge in [0.25, 0.3) is 0 Å². The zero-order valence-electron chi connectivity index (χ0n) is 20.7. The van der Waals surface area contributed by atoms with Crippen LogP contribution >= 0.6 is 11.6 Å². The molecule has 34 heavy (non-hydrogen) atoms. The first kappa shape index (κ1) is 28.0. The minimum atomic E-state index is -4.00. The fourth-order valence-corrected chi connectivity index (χ4v) is 5.43. The van der Waals surface area contributed by atoms with Crippen molar-refractivity contribution >= 4 is 33.2 Å². The molecule has 0 aliphatic heterocycles. The Morgan fingerprint density at radius 3 is 1.97 bits per heavy atom. The Balaban J connectivity index is 2.46. The minimum absolute atomic E-state index is 0.00351. The SMILES string of the molecule is COC(=O)c1cc(C(C)C)c(CC(=O)CS(=O)(=O)c2cc(Cl)cc(C(C)(C)O)c2)c(C(C)C)c1. The standard InChI is InChI=1S/C26H33ClO6S/c1-15(2)22-8-17(25(29)33-7)9-23(16(3)4)24(22)13-20(28)14-34(31,32)21-11-18(26(5,6)30)10-19(27)12-21/h8-12,15-16,30H,13-14H2,1-7H3. The number of sulfone groups is 1. The van der Waals surface area contributed by atoms with Crippen LogP contribution < -0.4 is 0 Å². The van der Waals surface area contributed by atoms with Crippen LogP contribution in [0.5, 0.6) is 0 Å². The van der Waals surface area contributed by atoms with Crippen molar-refractivity contribution in [3.63, 3.8) is 0 Å². The molecule has 0 amide bonds. The molecule has 0 atom stereocenters. The molecule has 0 saturated heterocycles. The third kappa shape index (κ3) is 6.68. The van der Waals surface area contributed by atoms with Gasteiger partial charge in [-0.1, -0.05) is 39.3 Å². The molecule has 0 bridgehead atoms. The fourth-order valence-electron chi connectivity index (χ4n) is 3.83. The number of benzene rings is 2. The summed E-state index contributed by atoms with van der Waals surface area (Å²) in [5.74, 6) is -1.63. The zero-order chi connectivity index (χ0) is 26.0. The van der Waals surface area contributed by atoms with Gasteiger partial charge in [-0.3, -0.25) is 4.79 Å². The molecule has 0 aromatic heterocycles. The summed E-state index contributed by atoms with van der Waals surface area (Å²) < 4.78 is 31.0. The van der Waals surface area contributed by atoms with Gasteiger partial charge in [-0.25, -0.2) is 13.2 Å². The number of carbonyl (C=O) groups excluding carboxylic acids is 2. The van der Waals surface area contributed by atoms with Crippen molar-refractivity contribution in [2.45, 2.75) is 70.3 Å². The highest BCUT2D eigenvalue weighted by atomic mass is 35.5. The van der Waals surface area contributed by atoms with E-state index in [0.29, 0.717) is 11.1 Å². The third-order valence-corrected chi connectivity index (χ3v) is 7.52. The molecule has 1 N–H and O–H groups in total. The molecule has 2 rings (SSSR count). The van der Waals surface area contributed by atoms with Crippen LogP contribution in [-0.2, 0) is 31.4 Å². The van der Waals surface area contributed by atoms with Crippen LogP contribution in [0.15, 0.2) is 35.2 Å². The van der Waals surface area contributed by atoms with Gasteiger partial charge in [0.2, 0.25) is 0 Å². The van der Waals surface area contributed by atoms with E-state index in [9.17, 15) is 23.1 Å². The van der Waals surface area contributed by atoms with Crippen LogP contribution in [0, 0.1) is 0 Å². The summed E-state index contributed by atoms with van der Waals surface area (Å²) in [6.45, 7) is 10.9. The Morgan fingerprint density at radius 2 is 1.53 bits per heavy atom. The van der Waals surface area contributed by atoms with Crippen molar-refractivity contribution in [2.75, 3.05) is 12.9 Å². The first-order chi connectivity index (χ1) is 15.6. The van der Waals surface area contributed by atoms with Crippen LogP contribution in [0.25, 0.3) is 0 Å². The van der Waals surface area contributed by atoms with Crippen molar-refractivity contribution in [2.24, 2.45) is 0 Å². The summed E-state index contributed by atoms with van der Waals surface area (Å²) >= 11 is 6.09. The second-order valence-corrected chi connectivity index (χ2v) is 12.1. The number of rotatable bonds is 9. The highest BCUT2D eigenvalue weighted by molar-refractivity contribution is 7.92. The molecule has 0 aliphatic rings. The van der Waals surface area contributed by atoms with E-state index < -0.39 is 32.9 Å². The van der Waals surface area contributed by atoms with E-state index >= 15 is 0 Å². The van der Waals surface area contributed by atoms with Gasteiger partial charge in [-0.15, -0.1) is 0 Å². The molecule has 0 radical (unpaired) electrons. The molecular formula is C26H33ClO6S. The molecule has 0 fully saturated rings. The van der Waals surface area contributed by atoms with Crippen molar-refractivity contribution in [1.29, 1.82) is 0 Å². The summed E-state index contributed by atoms with van der Waals surface area (Å²) in [6.07, 6.45) is -0.0827. The third-order valence-electron chi connectivity index (χ3n) is 5.65. The molecular weight excluding hydrogens is 476 g/mol. The van der Waals surface area contributed by atoms with Crippen molar-refractivity contribution < 1.29 is 27.9 Å². The topological polar surface area (TPSA) is 97.7 Å². The number of hydrogen-bond donors (Lipinski definition) is 1. The number of ketones is 1. The molecule has 8 heteroatoms. The van der Waals surface area contributed by atoms with Crippen molar-refractivity contribution in [3.8, 4) is 0 Å². The van der Waals surface area contributed by atoms with Gasteiger partial charge in [0.15, 0.2) is 15.6 Å². The van der Waals surface area contributed by atoms with Crippen LogP contribution in [0.2, 0.25) is 5.02 Å². The first-order valence-corrected chi connectivity index (χ1v) is 13.1. The highest BCUT2D eigenvalue weighted by Crippen LogP contribution is 2.31. The number of carbonyl (C=O) groups is 2. The number of methoxy groups -OCH3 is 1. The second-order valence-electron chi connectivity index (χ2n) is 9.64. The van der Waals surface area contributed by atoms with E-state index in [1.165, 1.54) is 39.2 Å². The summed E-state index contributed by atoms with van der Waals surface area (Å²) in [5, 5.41) is 10.4. The monoisotopic (exact) mass is 508 g/mol. The quantitative estimate of drug-likeness (QED) is 0.468. The predicted octanol–water partition coefficient (Wildman–Crippen LogP) is 5.19. The van der Waals surface area contributed by atoms with E-state index in [2.05, 4.69) is 0 Å². The number of Topliss-reactive ketones (excluding diaryl/α,β-unsaturated/α-hetero) is 1. The number of esters is 1. The maximum atomic E-state index is 13.1. The van der Waals surface area contributed by atoms with Crippen LogP contribution in [-0.4, -0.2) is 38.1 Å².